The van der Waals surface area contributed by atoms with Crippen molar-refractivity contribution in [2.75, 3.05) is 27.3 Å². The molecule has 130 valence electrons. The third kappa shape index (κ3) is 3.75. The van der Waals surface area contributed by atoms with Gasteiger partial charge < -0.3 is 4.74 Å². The maximum absolute atomic E-state index is 6.20. The van der Waals surface area contributed by atoms with Gasteiger partial charge in [-0.1, -0.05) is 29.6 Å². The molecule has 0 amide bonds. The Kier molecular flexibility index (Phi) is 5.76. The van der Waals surface area contributed by atoms with Crippen LogP contribution in [0.4, 0.5) is 0 Å². The van der Waals surface area contributed by atoms with Gasteiger partial charge in [0.05, 0.1) is 28.4 Å². The van der Waals surface area contributed by atoms with Crippen molar-refractivity contribution in [1.29, 1.82) is 0 Å². The van der Waals surface area contributed by atoms with Gasteiger partial charge in [-0.3, -0.25) is 4.90 Å². The second-order valence-electron chi connectivity index (χ2n) is 6.13. The zero-order chi connectivity index (χ0) is 17.1. The molecule has 24 heavy (non-hydrogen) atoms. The Morgan fingerprint density at radius 2 is 2.08 bits per heavy atom. The Morgan fingerprint density at radius 1 is 1.25 bits per heavy atom. The summed E-state index contributed by atoms with van der Waals surface area (Å²) in [7, 11) is 3.83. The molecule has 1 aliphatic rings. The highest BCUT2D eigenvalue weighted by atomic mass is 35.5. The fourth-order valence-electron chi connectivity index (χ4n) is 3.09. The number of benzene rings is 1. The number of ether oxygens (including phenoxy) is 1. The van der Waals surface area contributed by atoms with E-state index in [4.69, 9.17) is 38.0 Å². The van der Waals surface area contributed by atoms with Gasteiger partial charge in [0.25, 0.3) is 0 Å². The maximum Gasteiger partial charge on any atom is 0.153 e. The second kappa shape index (κ2) is 7.83. The standard InChI is InChI=1S/C17H22Cl2N4O/c1-22-9-4-3-5-15(22)17-20-16(8-10-24-2)21-23(17)12-6-7-13(18)14(19)11-12/h6-7,11,15H,3-5,8-10H2,1-2H3. The first-order valence-electron chi connectivity index (χ1n) is 8.20. The van der Waals surface area contributed by atoms with Crippen molar-refractivity contribution in [2.24, 2.45) is 0 Å². The topological polar surface area (TPSA) is 43.2 Å². The molecular weight excluding hydrogens is 347 g/mol. The molecule has 1 atom stereocenters. The highest BCUT2D eigenvalue weighted by Gasteiger charge is 2.27. The van der Waals surface area contributed by atoms with E-state index in [2.05, 4.69) is 11.9 Å². The molecule has 0 spiro atoms. The lowest BCUT2D eigenvalue weighted by molar-refractivity contribution is 0.177. The zero-order valence-electron chi connectivity index (χ0n) is 14.0. The van der Waals surface area contributed by atoms with Crippen LogP contribution in [0.3, 0.4) is 0 Å². The third-order valence-corrected chi connectivity index (χ3v) is 5.16. The van der Waals surface area contributed by atoms with Crippen LogP contribution in [-0.4, -0.2) is 47.0 Å². The molecule has 0 N–H and O–H groups in total. The van der Waals surface area contributed by atoms with Gasteiger partial charge in [-0.2, -0.15) is 5.10 Å². The third-order valence-electron chi connectivity index (χ3n) is 4.42. The van der Waals surface area contributed by atoms with E-state index in [1.807, 2.05) is 16.8 Å². The van der Waals surface area contributed by atoms with Crippen molar-refractivity contribution in [1.82, 2.24) is 19.7 Å². The van der Waals surface area contributed by atoms with E-state index in [0.29, 0.717) is 23.1 Å². The van der Waals surface area contributed by atoms with Crippen LogP contribution < -0.4 is 0 Å². The summed E-state index contributed by atoms with van der Waals surface area (Å²) in [5, 5.41) is 5.75. The summed E-state index contributed by atoms with van der Waals surface area (Å²) in [5.74, 6) is 1.75. The molecule has 1 unspecified atom stereocenters. The lowest BCUT2D eigenvalue weighted by atomic mass is 10.0. The number of likely N-dealkylation sites (tertiary alicyclic amines) is 1. The summed E-state index contributed by atoms with van der Waals surface area (Å²) < 4.78 is 7.07. The van der Waals surface area contributed by atoms with E-state index < -0.39 is 0 Å². The molecule has 0 saturated carbocycles. The Hall–Kier alpha value is -1.14. The van der Waals surface area contributed by atoms with E-state index in [9.17, 15) is 0 Å². The molecule has 0 aliphatic carbocycles. The van der Waals surface area contributed by atoms with Crippen molar-refractivity contribution in [3.63, 3.8) is 0 Å². The van der Waals surface area contributed by atoms with Crippen molar-refractivity contribution in [3.8, 4) is 5.69 Å². The van der Waals surface area contributed by atoms with Crippen molar-refractivity contribution in [3.05, 3.63) is 39.9 Å². The molecule has 7 heteroatoms. The number of piperidine rings is 1. The molecule has 2 heterocycles. The van der Waals surface area contributed by atoms with Crippen LogP contribution in [0.25, 0.3) is 5.69 Å². The van der Waals surface area contributed by atoms with E-state index in [1.54, 1.807) is 13.2 Å². The minimum atomic E-state index is 0.261. The monoisotopic (exact) mass is 368 g/mol. The summed E-state index contributed by atoms with van der Waals surface area (Å²) >= 11 is 12.2. The Balaban J connectivity index is 2.01. The average Bonchev–Trinajstić information content (AvgIpc) is 3.00. The predicted octanol–water partition coefficient (Wildman–Crippen LogP) is 3.92. The molecule has 1 fully saturated rings. The van der Waals surface area contributed by atoms with Crippen LogP contribution in [0.15, 0.2) is 18.2 Å². The van der Waals surface area contributed by atoms with Crippen LogP contribution in [0.5, 0.6) is 0 Å². The fraction of sp³-hybridized carbons (Fsp3) is 0.529. The SMILES string of the molecule is COCCc1nc(C2CCCCN2C)n(-c2ccc(Cl)c(Cl)c2)n1. The number of aromatic nitrogens is 3. The van der Waals surface area contributed by atoms with Crippen molar-refractivity contribution in [2.45, 2.75) is 31.7 Å². The number of nitrogens with zero attached hydrogens (tertiary/aromatic N) is 4. The average molecular weight is 369 g/mol. The summed E-state index contributed by atoms with van der Waals surface area (Å²) in [6.07, 6.45) is 4.20. The first-order chi connectivity index (χ1) is 11.6. The van der Waals surface area contributed by atoms with Gasteiger partial charge in [-0.15, -0.1) is 0 Å². The normalized spacial score (nSPS) is 18.9. The number of hydrogen-bond donors (Lipinski definition) is 0. The van der Waals surface area contributed by atoms with E-state index in [-0.39, 0.29) is 6.04 Å². The Bertz CT molecular complexity index is 704. The molecule has 1 saturated heterocycles. The quantitative estimate of drug-likeness (QED) is 0.801. The number of hydrogen-bond acceptors (Lipinski definition) is 4. The molecule has 0 bridgehead atoms. The van der Waals surface area contributed by atoms with E-state index in [1.165, 1.54) is 12.8 Å². The molecule has 5 nitrogen and oxygen atoms in total. The Morgan fingerprint density at radius 3 is 2.79 bits per heavy atom. The number of halogens is 2. The zero-order valence-corrected chi connectivity index (χ0v) is 15.5. The van der Waals surface area contributed by atoms with Gasteiger partial charge in [-0.05, 0) is 44.6 Å². The number of rotatable bonds is 5. The highest BCUT2D eigenvalue weighted by molar-refractivity contribution is 6.42. The summed E-state index contributed by atoms with van der Waals surface area (Å²) in [4.78, 5) is 7.15. The van der Waals surface area contributed by atoms with Gasteiger partial charge in [0, 0.05) is 13.5 Å². The minimum Gasteiger partial charge on any atom is -0.384 e. The van der Waals surface area contributed by atoms with E-state index in [0.717, 1.165) is 30.3 Å². The molecule has 3 rings (SSSR count). The van der Waals surface area contributed by atoms with Crippen LogP contribution in [-0.2, 0) is 11.2 Å². The van der Waals surface area contributed by atoms with Crippen LogP contribution in [0.1, 0.15) is 37.0 Å². The van der Waals surface area contributed by atoms with Gasteiger partial charge in [-0.25, -0.2) is 9.67 Å². The largest absolute Gasteiger partial charge is 0.384 e. The van der Waals surface area contributed by atoms with Gasteiger partial charge >= 0.3 is 0 Å². The van der Waals surface area contributed by atoms with Crippen LogP contribution >= 0.6 is 23.2 Å². The first-order valence-corrected chi connectivity index (χ1v) is 8.96. The summed E-state index contributed by atoms with van der Waals surface area (Å²) in [6, 6.07) is 5.82. The summed E-state index contributed by atoms with van der Waals surface area (Å²) in [5.41, 5.74) is 0.884. The maximum atomic E-state index is 6.20. The lowest BCUT2D eigenvalue weighted by Gasteiger charge is -2.31. The van der Waals surface area contributed by atoms with Crippen molar-refractivity contribution < 1.29 is 4.74 Å². The van der Waals surface area contributed by atoms with Gasteiger partial charge in [0.15, 0.2) is 5.82 Å². The van der Waals surface area contributed by atoms with Crippen molar-refractivity contribution >= 4 is 23.2 Å². The minimum absolute atomic E-state index is 0.261. The summed E-state index contributed by atoms with van der Waals surface area (Å²) in [6.45, 7) is 1.68. The predicted molar refractivity (Wildman–Crippen MR) is 96.2 cm³/mol. The molecule has 1 aromatic heterocycles. The molecule has 0 radical (unpaired) electrons. The molecular formula is C17H22Cl2N4O. The molecule has 2 aromatic rings. The fourth-order valence-corrected chi connectivity index (χ4v) is 3.38. The smallest absolute Gasteiger partial charge is 0.153 e. The lowest BCUT2D eigenvalue weighted by Crippen LogP contribution is -2.31. The van der Waals surface area contributed by atoms with Gasteiger partial charge in [0.2, 0.25) is 0 Å². The molecule has 1 aromatic carbocycles. The first kappa shape index (κ1) is 17.7. The van der Waals surface area contributed by atoms with Crippen LogP contribution in [0.2, 0.25) is 10.0 Å². The van der Waals surface area contributed by atoms with Crippen LogP contribution in [0, 0.1) is 0 Å². The highest BCUT2D eigenvalue weighted by Crippen LogP contribution is 2.31. The van der Waals surface area contributed by atoms with E-state index >= 15 is 0 Å². The molecule has 1 aliphatic heterocycles. The second-order valence-corrected chi connectivity index (χ2v) is 6.95. The number of methoxy groups -OCH3 is 1. The van der Waals surface area contributed by atoms with Gasteiger partial charge in [0.1, 0.15) is 5.82 Å². The Labute approximate surface area is 152 Å².